The number of rotatable bonds is 6. The molecule has 1 unspecified atom stereocenters. The highest BCUT2D eigenvalue weighted by Gasteiger charge is 2.24. The van der Waals surface area contributed by atoms with E-state index < -0.39 is 0 Å². The van der Waals surface area contributed by atoms with Gasteiger partial charge in [-0.05, 0) is 17.7 Å². The first-order valence-electron chi connectivity index (χ1n) is 8.73. The van der Waals surface area contributed by atoms with Gasteiger partial charge in [-0.1, -0.05) is 29.8 Å². The number of para-hydroxylation sites is 1. The van der Waals surface area contributed by atoms with Crippen LogP contribution in [-0.2, 0) is 4.79 Å². The zero-order chi connectivity index (χ0) is 19.1. The number of fused-ring (bicyclic) bond motifs is 1. The number of anilines is 1. The summed E-state index contributed by atoms with van der Waals surface area (Å²) in [4.78, 5) is 20.2. The second-order valence-electron chi connectivity index (χ2n) is 6.08. The van der Waals surface area contributed by atoms with E-state index in [2.05, 4.69) is 25.9 Å². The molecule has 1 aliphatic heterocycles. The van der Waals surface area contributed by atoms with Crippen molar-refractivity contribution in [1.29, 1.82) is 0 Å². The molecule has 3 rings (SSSR count). The number of benzene rings is 1. The van der Waals surface area contributed by atoms with Gasteiger partial charge in [0.2, 0.25) is 11.8 Å². The summed E-state index contributed by atoms with van der Waals surface area (Å²) in [5.74, 6) is 1.32. The highest BCUT2D eigenvalue weighted by Crippen LogP contribution is 2.31. The zero-order valence-electron chi connectivity index (χ0n) is 15.0. The molecule has 0 spiro atoms. The number of ether oxygens (including phenoxy) is 1. The average Bonchev–Trinajstić information content (AvgIpc) is 2.68. The minimum absolute atomic E-state index is 0.0345. The van der Waals surface area contributed by atoms with Crippen molar-refractivity contribution in [3.05, 3.63) is 53.2 Å². The fourth-order valence-corrected chi connectivity index (χ4v) is 3.01. The molecule has 0 radical (unpaired) electrons. The van der Waals surface area contributed by atoms with Crippen molar-refractivity contribution in [3.63, 3.8) is 0 Å². The Balaban J connectivity index is 1.45. The van der Waals surface area contributed by atoms with Gasteiger partial charge < -0.3 is 20.7 Å². The van der Waals surface area contributed by atoms with Gasteiger partial charge in [-0.2, -0.15) is 0 Å². The molecule has 8 heteroatoms. The molecule has 2 heterocycles. The first-order chi connectivity index (χ1) is 13.2. The summed E-state index contributed by atoms with van der Waals surface area (Å²) in [7, 11) is 1.71. The van der Waals surface area contributed by atoms with E-state index >= 15 is 0 Å². The molecule has 1 aromatic heterocycles. The van der Waals surface area contributed by atoms with Crippen LogP contribution in [0.25, 0.3) is 0 Å². The van der Waals surface area contributed by atoms with Gasteiger partial charge in [0.1, 0.15) is 6.61 Å². The van der Waals surface area contributed by atoms with Gasteiger partial charge in [0.15, 0.2) is 5.96 Å². The number of nitrogens with one attached hydrogen (secondary N) is 3. The first-order valence-corrected chi connectivity index (χ1v) is 9.11. The quantitative estimate of drug-likeness (QED) is 0.402. The van der Waals surface area contributed by atoms with E-state index in [0.717, 1.165) is 11.3 Å². The summed E-state index contributed by atoms with van der Waals surface area (Å²) in [5, 5.41) is 9.94. The minimum Gasteiger partial charge on any atom is -0.476 e. The van der Waals surface area contributed by atoms with E-state index in [9.17, 15) is 4.79 Å². The second-order valence-corrected chi connectivity index (χ2v) is 6.52. The lowest BCUT2D eigenvalue weighted by Crippen LogP contribution is -2.42. The van der Waals surface area contributed by atoms with Gasteiger partial charge in [0.05, 0.1) is 11.6 Å². The number of hydrogen-bond donors (Lipinski definition) is 3. The number of amides is 1. The number of carbonyl (C=O) groups excluding carboxylic acids is 1. The molecule has 0 bridgehead atoms. The molecule has 1 atom stereocenters. The number of pyridine rings is 1. The predicted molar refractivity (Wildman–Crippen MR) is 107 cm³/mol. The SMILES string of the molecule is CN=C(NCCOc1ccc(Cl)cn1)NCC1CC(=O)Nc2ccccc21. The standard InChI is InChI=1S/C19H22ClN5O2/c1-21-19(22-8-9-27-18-7-6-14(20)12-23-18)24-11-13-10-17(26)25-16-5-3-2-4-15(13)16/h2-7,12-13H,8-11H2,1H3,(H,25,26)(H2,21,22,24). The van der Waals surface area contributed by atoms with E-state index in [4.69, 9.17) is 16.3 Å². The molecule has 142 valence electrons. The van der Waals surface area contributed by atoms with Crippen LogP contribution in [0.15, 0.2) is 47.6 Å². The lowest BCUT2D eigenvalue weighted by molar-refractivity contribution is -0.116. The maximum atomic E-state index is 11.9. The molecule has 1 amide bonds. The van der Waals surface area contributed by atoms with Crippen molar-refractivity contribution in [1.82, 2.24) is 15.6 Å². The van der Waals surface area contributed by atoms with Crippen LogP contribution in [0.5, 0.6) is 5.88 Å². The number of halogens is 1. The number of aromatic nitrogens is 1. The second kappa shape index (κ2) is 9.23. The number of guanidine groups is 1. The highest BCUT2D eigenvalue weighted by molar-refractivity contribution is 6.30. The van der Waals surface area contributed by atoms with E-state index in [1.54, 1.807) is 25.4 Å². The fourth-order valence-electron chi connectivity index (χ4n) is 2.90. The normalized spacial score (nSPS) is 16.3. The summed E-state index contributed by atoms with van der Waals surface area (Å²) in [6.45, 7) is 1.61. The van der Waals surface area contributed by atoms with Gasteiger partial charge in [0.25, 0.3) is 0 Å². The molecule has 1 aliphatic rings. The van der Waals surface area contributed by atoms with E-state index in [1.165, 1.54) is 0 Å². The summed E-state index contributed by atoms with van der Waals surface area (Å²) in [6, 6.07) is 11.3. The highest BCUT2D eigenvalue weighted by atomic mass is 35.5. The van der Waals surface area contributed by atoms with Crippen LogP contribution in [0.4, 0.5) is 5.69 Å². The molecule has 7 nitrogen and oxygen atoms in total. The lowest BCUT2D eigenvalue weighted by Gasteiger charge is -2.26. The van der Waals surface area contributed by atoms with Gasteiger partial charge in [-0.3, -0.25) is 9.79 Å². The summed E-state index contributed by atoms with van der Waals surface area (Å²) in [6.07, 6.45) is 2.00. The van der Waals surface area contributed by atoms with Crippen molar-refractivity contribution in [2.24, 2.45) is 4.99 Å². The molecular formula is C19H22ClN5O2. The summed E-state index contributed by atoms with van der Waals surface area (Å²) < 4.78 is 5.54. The van der Waals surface area contributed by atoms with E-state index in [1.807, 2.05) is 24.3 Å². The van der Waals surface area contributed by atoms with Crippen LogP contribution in [0, 0.1) is 0 Å². The monoisotopic (exact) mass is 387 g/mol. The minimum atomic E-state index is 0.0345. The predicted octanol–water partition coefficient (Wildman–Crippen LogP) is 2.40. The van der Waals surface area contributed by atoms with Crippen molar-refractivity contribution < 1.29 is 9.53 Å². The van der Waals surface area contributed by atoms with E-state index in [0.29, 0.717) is 43.0 Å². The smallest absolute Gasteiger partial charge is 0.225 e. The third-order valence-corrected chi connectivity index (χ3v) is 4.41. The Morgan fingerprint density at radius 2 is 2.19 bits per heavy atom. The van der Waals surface area contributed by atoms with Crippen LogP contribution < -0.4 is 20.7 Å². The Morgan fingerprint density at radius 3 is 2.96 bits per heavy atom. The zero-order valence-corrected chi connectivity index (χ0v) is 15.8. The van der Waals surface area contributed by atoms with Gasteiger partial charge in [0, 0.05) is 43.9 Å². The summed E-state index contributed by atoms with van der Waals surface area (Å²) >= 11 is 5.79. The maximum Gasteiger partial charge on any atom is 0.225 e. The number of nitrogens with zero attached hydrogens (tertiary/aromatic N) is 2. The van der Waals surface area contributed by atoms with Crippen molar-refractivity contribution in [3.8, 4) is 5.88 Å². The Kier molecular flexibility index (Phi) is 6.49. The van der Waals surface area contributed by atoms with Gasteiger partial charge in [-0.15, -0.1) is 0 Å². The van der Waals surface area contributed by atoms with Crippen molar-refractivity contribution in [2.45, 2.75) is 12.3 Å². The molecule has 0 saturated heterocycles. The Labute approximate surface area is 163 Å². The van der Waals surface area contributed by atoms with Crippen LogP contribution >= 0.6 is 11.6 Å². The third kappa shape index (κ3) is 5.34. The van der Waals surface area contributed by atoms with Crippen molar-refractivity contribution in [2.75, 3.05) is 32.1 Å². The molecule has 0 fully saturated rings. The maximum absolute atomic E-state index is 11.9. The molecule has 0 aliphatic carbocycles. The largest absolute Gasteiger partial charge is 0.476 e. The number of aliphatic imine (C=N–C) groups is 1. The topological polar surface area (TPSA) is 87.6 Å². The van der Waals surface area contributed by atoms with Crippen LogP contribution in [0.3, 0.4) is 0 Å². The van der Waals surface area contributed by atoms with Crippen LogP contribution in [-0.4, -0.2) is 43.6 Å². The summed E-state index contributed by atoms with van der Waals surface area (Å²) in [5.41, 5.74) is 2.02. The van der Waals surface area contributed by atoms with Crippen LogP contribution in [0.1, 0.15) is 17.9 Å². The number of hydrogen-bond acceptors (Lipinski definition) is 4. The third-order valence-electron chi connectivity index (χ3n) is 4.19. The van der Waals surface area contributed by atoms with Gasteiger partial charge in [-0.25, -0.2) is 4.98 Å². The average molecular weight is 388 g/mol. The molecule has 2 aromatic rings. The number of carbonyl (C=O) groups is 1. The van der Waals surface area contributed by atoms with Crippen LogP contribution in [0.2, 0.25) is 5.02 Å². The Morgan fingerprint density at radius 1 is 1.33 bits per heavy atom. The molecule has 0 saturated carbocycles. The molecular weight excluding hydrogens is 366 g/mol. The Hall–Kier alpha value is -2.80. The molecule has 3 N–H and O–H groups in total. The van der Waals surface area contributed by atoms with Crippen molar-refractivity contribution >= 4 is 29.2 Å². The first kappa shape index (κ1) is 19.0. The lowest BCUT2D eigenvalue weighted by atomic mass is 9.90. The Bertz CT molecular complexity index is 810. The van der Waals surface area contributed by atoms with E-state index in [-0.39, 0.29) is 11.8 Å². The molecule has 27 heavy (non-hydrogen) atoms. The fraction of sp³-hybridized carbons (Fsp3) is 0.316. The van der Waals surface area contributed by atoms with Gasteiger partial charge >= 0.3 is 0 Å². The molecule has 1 aromatic carbocycles.